The molecule has 0 heterocycles. The van der Waals surface area contributed by atoms with Gasteiger partial charge in [0.2, 0.25) is 5.82 Å². The molecule has 0 saturated carbocycles. The van der Waals surface area contributed by atoms with Gasteiger partial charge in [0.15, 0.2) is 0 Å². The Balaban J connectivity index is 2.25. The Kier molecular flexibility index (Phi) is 4.11. The average Bonchev–Trinajstić information content (AvgIpc) is 2.39. The third-order valence-electron chi connectivity index (χ3n) is 2.91. The molecule has 1 atom stereocenters. The maximum Gasteiger partial charge on any atom is 0.306 e. The predicted octanol–water partition coefficient (Wildman–Crippen LogP) is 4.19. The zero-order chi connectivity index (χ0) is 15.6. The van der Waals surface area contributed by atoms with Gasteiger partial charge in [0.05, 0.1) is 4.92 Å². The van der Waals surface area contributed by atoms with Crippen LogP contribution in [0.4, 0.5) is 24.5 Å². The Hall–Kier alpha value is -2.57. The van der Waals surface area contributed by atoms with Crippen LogP contribution in [-0.2, 0) is 0 Å². The fourth-order valence-corrected chi connectivity index (χ4v) is 1.90. The number of benzene rings is 2. The second-order valence-corrected chi connectivity index (χ2v) is 4.49. The zero-order valence-corrected chi connectivity index (χ0v) is 10.9. The van der Waals surface area contributed by atoms with Crippen LogP contribution in [-0.4, -0.2) is 4.92 Å². The number of nitrogens with zero attached hydrogens (tertiary/aromatic N) is 1. The first-order valence-corrected chi connectivity index (χ1v) is 6.03. The lowest BCUT2D eigenvalue weighted by Gasteiger charge is -2.16. The maximum absolute atomic E-state index is 13.2. The number of nitro benzene ring substituents is 1. The van der Waals surface area contributed by atoms with E-state index in [1.165, 1.54) is 6.07 Å². The van der Waals surface area contributed by atoms with Crippen LogP contribution in [0.15, 0.2) is 36.4 Å². The number of hydrogen-bond acceptors (Lipinski definition) is 3. The second kappa shape index (κ2) is 5.82. The molecule has 0 aliphatic carbocycles. The van der Waals surface area contributed by atoms with Crippen molar-refractivity contribution in [3.8, 4) is 0 Å². The maximum atomic E-state index is 13.2. The molecule has 2 rings (SSSR count). The Labute approximate surface area is 118 Å². The number of rotatable bonds is 4. The second-order valence-electron chi connectivity index (χ2n) is 4.49. The van der Waals surface area contributed by atoms with Gasteiger partial charge in [-0.1, -0.05) is 0 Å². The largest absolute Gasteiger partial charge is 0.378 e. The molecule has 0 bridgehead atoms. The van der Waals surface area contributed by atoms with Crippen molar-refractivity contribution in [1.29, 1.82) is 0 Å². The zero-order valence-electron chi connectivity index (χ0n) is 10.9. The molecule has 0 aliphatic rings. The summed E-state index contributed by atoms with van der Waals surface area (Å²) in [5.74, 6) is -2.39. The van der Waals surface area contributed by atoms with E-state index in [9.17, 15) is 23.3 Å². The van der Waals surface area contributed by atoms with Crippen LogP contribution in [0.2, 0.25) is 0 Å². The third-order valence-corrected chi connectivity index (χ3v) is 2.91. The van der Waals surface area contributed by atoms with Gasteiger partial charge in [-0.3, -0.25) is 10.1 Å². The molecule has 110 valence electrons. The van der Waals surface area contributed by atoms with Crippen LogP contribution < -0.4 is 5.32 Å². The van der Waals surface area contributed by atoms with Gasteiger partial charge in [0.1, 0.15) is 11.6 Å². The molecule has 1 unspecified atom stereocenters. The van der Waals surface area contributed by atoms with Gasteiger partial charge in [-0.15, -0.1) is 0 Å². The predicted molar refractivity (Wildman–Crippen MR) is 71.5 cm³/mol. The summed E-state index contributed by atoms with van der Waals surface area (Å²) in [6, 6.07) is 5.84. The molecule has 0 aliphatic heterocycles. The topological polar surface area (TPSA) is 55.2 Å². The van der Waals surface area contributed by atoms with Gasteiger partial charge >= 0.3 is 5.69 Å². The first-order valence-electron chi connectivity index (χ1n) is 6.03. The summed E-state index contributed by atoms with van der Waals surface area (Å²) in [6.07, 6.45) is 0. The van der Waals surface area contributed by atoms with Gasteiger partial charge in [0, 0.05) is 23.9 Å². The highest BCUT2D eigenvalue weighted by molar-refractivity contribution is 5.53. The lowest BCUT2D eigenvalue weighted by atomic mass is 10.1. The molecule has 0 aromatic heterocycles. The van der Waals surface area contributed by atoms with Crippen molar-refractivity contribution >= 4 is 11.4 Å². The molecular formula is C14H11F3N2O2. The number of anilines is 1. The van der Waals surface area contributed by atoms with E-state index in [1.807, 2.05) is 0 Å². The number of nitrogens with one attached hydrogen (secondary N) is 1. The van der Waals surface area contributed by atoms with E-state index in [-0.39, 0.29) is 5.69 Å². The molecule has 0 spiro atoms. The Morgan fingerprint density at radius 3 is 2.29 bits per heavy atom. The van der Waals surface area contributed by atoms with Gasteiger partial charge in [-0.05, 0) is 36.8 Å². The molecule has 2 aromatic carbocycles. The van der Waals surface area contributed by atoms with Crippen LogP contribution in [0.3, 0.4) is 0 Å². The number of halogens is 3. The quantitative estimate of drug-likeness (QED) is 0.680. The fourth-order valence-electron chi connectivity index (χ4n) is 1.90. The molecular weight excluding hydrogens is 285 g/mol. The van der Waals surface area contributed by atoms with Gasteiger partial charge in [0.25, 0.3) is 0 Å². The van der Waals surface area contributed by atoms with Crippen LogP contribution in [0.5, 0.6) is 0 Å². The van der Waals surface area contributed by atoms with E-state index in [0.29, 0.717) is 5.56 Å². The van der Waals surface area contributed by atoms with E-state index in [2.05, 4.69) is 5.32 Å². The normalized spacial score (nSPS) is 12.0. The van der Waals surface area contributed by atoms with Gasteiger partial charge in [-0.2, -0.15) is 4.39 Å². The Bertz CT molecular complexity index is 672. The first kappa shape index (κ1) is 14.8. The molecule has 0 radical (unpaired) electrons. The number of hydrogen-bond donors (Lipinski definition) is 1. The van der Waals surface area contributed by atoms with Crippen molar-refractivity contribution in [2.24, 2.45) is 0 Å². The minimum atomic E-state index is -0.949. The highest BCUT2D eigenvalue weighted by Crippen LogP contribution is 2.25. The van der Waals surface area contributed by atoms with Crippen molar-refractivity contribution in [3.63, 3.8) is 0 Å². The van der Waals surface area contributed by atoms with Crippen molar-refractivity contribution in [1.82, 2.24) is 0 Å². The van der Waals surface area contributed by atoms with Crippen molar-refractivity contribution in [2.45, 2.75) is 13.0 Å². The van der Waals surface area contributed by atoms with E-state index in [0.717, 1.165) is 30.3 Å². The fraction of sp³-hybridized carbons (Fsp3) is 0.143. The highest BCUT2D eigenvalue weighted by Gasteiger charge is 2.16. The summed E-state index contributed by atoms with van der Waals surface area (Å²) in [4.78, 5) is 9.82. The minimum absolute atomic E-state index is 0.278. The molecule has 4 nitrogen and oxygen atoms in total. The summed E-state index contributed by atoms with van der Waals surface area (Å²) < 4.78 is 39.5. The Morgan fingerprint density at radius 1 is 1.10 bits per heavy atom. The summed E-state index contributed by atoms with van der Waals surface area (Å²) in [5, 5.41) is 13.5. The summed E-state index contributed by atoms with van der Waals surface area (Å²) >= 11 is 0. The highest BCUT2D eigenvalue weighted by atomic mass is 19.1. The molecule has 21 heavy (non-hydrogen) atoms. The van der Waals surface area contributed by atoms with Crippen molar-refractivity contribution < 1.29 is 18.1 Å². The molecule has 0 saturated heterocycles. The van der Waals surface area contributed by atoms with Crippen molar-refractivity contribution in [2.75, 3.05) is 5.32 Å². The SMILES string of the molecule is CC(Nc1ccc(F)c([N+](=O)[O-])c1)c1cc(F)cc(F)c1. The standard InChI is InChI=1S/C14H11F3N2O2/c1-8(9-4-10(15)6-11(16)5-9)18-12-2-3-13(17)14(7-12)19(20)21/h2-8,18H,1H3. The van der Waals surface area contributed by atoms with Crippen LogP contribution >= 0.6 is 0 Å². The number of nitro groups is 1. The van der Waals surface area contributed by atoms with E-state index >= 15 is 0 Å². The van der Waals surface area contributed by atoms with E-state index in [4.69, 9.17) is 0 Å². The third kappa shape index (κ3) is 3.50. The van der Waals surface area contributed by atoms with E-state index in [1.54, 1.807) is 6.92 Å². The summed E-state index contributed by atoms with van der Waals surface area (Å²) in [6.45, 7) is 1.63. The lowest BCUT2D eigenvalue weighted by molar-refractivity contribution is -0.387. The molecule has 7 heteroatoms. The molecule has 1 N–H and O–H groups in total. The first-order chi connectivity index (χ1) is 9.86. The van der Waals surface area contributed by atoms with Crippen LogP contribution in [0.25, 0.3) is 0 Å². The molecule has 2 aromatic rings. The smallest absolute Gasteiger partial charge is 0.306 e. The lowest BCUT2D eigenvalue weighted by Crippen LogP contribution is -2.08. The summed E-state index contributed by atoms with van der Waals surface area (Å²) in [5.41, 5.74) is -0.0580. The summed E-state index contributed by atoms with van der Waals surface area (Å²) in [7, 11) is 0. The van der Waals surface area contributed by atoms with Gasteiger partial charge < -0.3 is 5.32 Å². The van der Waals surface area contributed by atoms with E-state index < -0.39 is 34.1 Å². The van der Waals surface area contributed by atoms with Crippen molar-refractivity contribution in [3.05, 3.63) is 69.5 Å². The van der Waals surface area contributed by atoms with Gasteiger partial charge in [-0.25, -0.2) is 8.78 Å². The monoisotopic (exact) mass is 296 g/mol. The Morgan fingerprint density at radius 2 is 1.71 bits per heavy atom. The van der Waals surface area contributed by atoms with Crippen LogP contribution in [0.1, 0.15) is 18.5 Å². The van der Waals surface area contributed by atoms with Crippen LogP contribution in [0, 0.1) is 27.6 Å². The minimum Gasteiger partial charge on any atom is -0.378 e. The average molecular weight is 296 g/mol. The molecule has 0 amide bonds. The molecule has 0 fully saturated rings.